The number of amidine groups is 1. The van der Waals surface area contributed by atoms with Gasteiger partial charge in [0.25, 0.3) is 5.91 Å². The van der Waals surface area contributed by atoms with Crippen LogP contribution in [0, 0.1) is 0 Å². The number of carbonyl (C=O) groups is 1. The monoisotopic (exact) mass is 524 g/mol. The molecule has 1 amide bonds. The molecule has 0 saturated carbocycles. The first-order valence-corrected chi connectivity index (χ1v) is 12.2. The molecule has 2 aliphatic rings. The highest BCUT2D eigenvalue weighted by Gasteiger charge is 2.31. The van der Waals surface area contributed by atoms with E-state index in [1.165, 1.54) is 0 Å². The third-order valence-corrected chi connectivity index (χ3v) is 6.38. The van der Waals surface area contributed by atoms with Gasteiger partial charge in [-0.25, -0.2) is 9.98 Å². The first-order chi connectivity index (χ1) is 18.5. The Bertz CT molecular complexity index is 1650. The van der Waals surface area contributed by atoms with Gasteiger partial charge in [-0.2, -0.15) is 10.1 Å². The Labute approximate surface area is 222 Å². The molecule has 0 saturated heterocycles. The maximum atomic E-state index is 13.6. The van der Waals surface area contributed by atoms with Crippen molar-refractivity contribution in [2.45, 2.75) is 13.0 Å². The average molecular weight is 525 g/mol. The number of aliphatic imine (C=N–C) groups is 2. The summed E-state index contributed by atoms with van der Waals surface area (Å²) in [7, 11) is 0. The number of benzene rings is 3. The van der Waals surface area contributed by atoms with E-state index in [1.54, 1.807) is 18.2 Å². The van der Waals surface area contributed by atoms with E-state index in [1.807, 2.05) is 61.5 Å². The molecule has 10 nitrogen and oxygen atoms in total. The van der Waals surface area contributed by atoms with Crippen LogP contribution in [0.3, 0.4) is 0 Å². The summed E-state index contributed by atoms with van der Waals surface area (Å²) in [5.74, 6) is 0.586. The van der Waals surface area contributed by atoms with Crippen molar-refractivity contribution in [2.75, 3.05) is 17.3 Å². The number of carbonyl (C=O) groups excluding carboxylic acids is 1. The lowest BCUT2D eigenvalue weighted by molar-refractivity contribution is -0.113. The fraction of sp³-hybridized carbons (Fsp3) is 0.111. The smallest absolute Gasteiger partial charge is 0.302 e. The third kappa shape index (κ3) is 4.64. The van der Waals surface area contributed by atoms with Crippen LogP contribution in [0.15, 0.2) is 109 Å². The van der Waals surface area contributed by atoms with Crippen LogP contribution in [-0.2, 0) is 4.79 Å². The van der Waals surface area contributed by atoms with Gasteiger partial charge in [0.15, 0.2) is 18.1 Å². The highest BCUT2D eigenvalue weighted by Crippen LogP contribution is 2.35. The highest BCUT2D eigenvalue weighted by molar-refractivity contribution is 6.31. The van der Waals surface area contributed by atoms with E-state index in [4.69, 9.17) is 21.0 Å². The standard InChI is InChI=1S/C27H21ClN8O2/c1-15-22(25(37)32-17-8-6-7-16(13-17)24-29-14-30-36-24)23(18-9-2-3-10-19(18)28)34-26(31-15)35-27-33-20-11-4-5-12-21(20)38-27/h2-13,23H,14H2,1H3,(H,32,37)(H2,31,33,34,35). The minimum atomic E-state index is -0.687. The van der Waals surface area contributed by atoms with Crippen molar-refractivity contribution < 1.29 is 9.21 Å². The minimum Gasteiger partial charge on any atom is -0.423 e. The Morgan fingerprint density at radius 3 is 2.74 bits per heavy atom. The molecule has 0 fully saturated rings. The summed E-state index contributed by atoms with van der Waals surface area (Å²) in [6, 6.07) is 21.7. The third-order valence-electron chi connectivity index (χ3n) is 6.03. The van der Waals surface area contributed by atoms with Gasteiger partial charge in [0.05, 0.1) is 5.57 Å². The Balaban J connectivity index is 1.31. The van der Waals surface area contributed by atoms with Gasteiger partial charge in [-0.05, 0) is 37.3 Å². The van der Waals surface area contributed by atoms with E-state index in [-0.39, 0.29) is 11.9 Å². The van der Waals surface area contributed by atoms with Gasteiger partial charge in [-0.1, -0.05) is 54.1 Å². The van der Waals surface area contributed by atoms with Crippen LogP contribution in [0.5, 0.6) is 0 Å². The first-order valence-electron chi connectivity index (χ1n) is 11.8. The fourth-order valence-electron chi connectivity index (χ4n) is 4.30. The Hall–Kier alpha value is -4.83. The van der Waals surface area contributed by atoms with Gasteiger partial charge in [0.1, 0.15) is 11.6 Å². The predicted molar refractivity (Wildman–Crippen MR) is 146 cm³/mol. The normalized spacial score (nSPS) is 16.7. The number of aromatic nitrogens is 1. The fourth-order valence-corrected chi connectivity index (χ4v) is 4.53. The van der Waals surface area contributed by atoms with Crippen molar-refractivity contribution in [3.63, 3.8) is 0 Å². The van der Waals surface area contributed by atoms with Crippen LogP contribution in [-0.4, -0.2) is 29.4 Å². The summed E-state index contributed by atoms with van der Waals surface area (Å²) in [4.78, 5) is 27.1. The van der Waals surface area contributed by atoms with Gasteiger partial charge < -0.3 is 15.1 Å². The van der Waals surface area contributed by atoms with E-state index < -0.39 is 6.04 Å². The summed E-state index contributed by atoms with van der Waals surface area (Å²) >= 11 is 6.56. The van der Waals surface area contributed by atoms with Crippen molar-refractivity contribution in [3.8, 4) is 0 Å². The molecule has 1 aromatic heterocycles. The van der Waals surface area contributed by atoms with Crippen LogP contribution < -0.4 is 16.0 Å². The number of para-hydroxylation sites is 2. The lowest BCUT2D eigenvalue weighted by atomic mass is 9.95. The molecule has 0 bridgehead atoms. The molecule has 1 unspecified atom stereocenters. The van der Waals surface area contributed by atoms with Crippen molar-refractivity contribution in [2.24, 2.45) is 20.2 Å². The van der Waals surface area contributed by atoms with Crippen LogP contribution >= 0.6 is 11.6 Å². The molecule has 38 heavy (non-hydrogen) atoms. The molecule has 3 aromatic carbocycles. The molecule has 4 aromatic rings. The van der Waals surface area contributed by atoms with Gasteiger partial charge in [-0.15, -0.1) is 5.11 Å². The zero-order valence-electron chi connectivity index (χ0n) is 20.1. The number of rotatable bonds is 5. The number of azo groups is 1. The molecule has 0 aliphatic carbocycles. The molecular weight excluding hydrogens is 504 g/mol. The summed E-state index contributed by atoms with van der Waals surface area (Å²) in [5, 5.41) is 17.7. The Morgan fingerprint density at radius 2 is 1.92 bits per heavy atom. The molecular formula is C27H21ClN8O2. The number of allylic oxidation sites excluding steroid dienone is 1. The van der Waals surface area contributed by atoms with Gasteiger partial charge in [-0.3, -0.25) is 10.1 Å². The number of hydrogen-bond donors (Lipinski definition) is 3. The molecule has 1 atom stereocenters. The summed E-state index contributed by atoms with van der Waals surface area (Å²) < 4.78 is 5.79. The van der Waals surface area contributed by atoms with E-state index in [0.29, 0.717) is 57.1 Å². The zero-order chi connectivity index (χ0) is 26.1. The zero-order valence-corrected chi connectivity index (χ0v) is 20.9. The Morgan fingerprint density at radius 1 is 1.08 bits per heavy atom. The summed E-state index contributed by atoms with van der Waals surface area (Å²) in [6.07, 6.45) is 0. The van der Waals surface area contributed by atoms with E-state index in [2.05, 4.69) is 36.2 Å². The van der Waals surface area contributed by atoms with Crippen LogP contribution in [0.4, 0.5) is 11.7 Å². The number of nitrogens with one attached hydrogen (secondary N) is 3. The number of guanidine groups is 1. The second-order valence-electron chi connectivity index (χ2n) is 8.58. The van der Waals surface area contributed by atoms with Crippen LogP contribution in [0.2, 0.25) is 5.02 Å². The number of amides is 1. The lowest BCUT2D eigenvalue weighted by Crippen LogP contribution is -2.37. The topological polar surface area (TPSA) is 129 Å². The summed E-state index contributed by atoms with van der Waals surface area (Å²) in [6.45, 7) is 2.12. The van der Waals surface area contributed by atoms with Crippen molar-refractivity contribution in [1.29, 1.82) is 0 Å². The largest absolute Gasteiger partial charge is 0.423 e. The van der Waals surface area contributed by atoms with Gasteiger partial charge in [0.2, 0.25) is 5.96 Å². The minimum absolute atomic E-state index is 0.278. The predicted octanol–water partition coefficient (Wildman–Crippen LogP) is 5.68. The SMILES string of the molecule is CC1=C(C(=O)Nc2cccc(C3=NCN=N3)c2)C(c2ccccc2Cl)N=C(Nc2nc3ccccc3o2)N1. The number of nitrogens with zero attached hydrogens (tertiary/aromatic N) is 5. The molecule has 2 aliphatic heterocycles. The first kappa shape index (κ1) is 23.6. The number of hydrogen-bond acceptors (Lipinski definition) is 9. The molecule has 11 heteroatoms. The maximum Gasteiger partial charge on any atom is 0.302 e. The number of oxazole rings is 1. The van der Waals surface area contributed by atoms with Crippen molar-refractivity contribution in [1.82, 2.24) is 10.3 Å². The highest BCUT2D eigenvalue weighted by atomic mass is 35.5. The van der Waals surface area contributed by atoms with Crippen molar-refractivity contribution in [3.05, 3.63) is 100 Å². The van der Waals surface area contributed by atoms with Crippen LogP contribution in [0.1, 0.15) is 24.1 Å². The molecule has 3 heterocycles. The molecule has 0 radical (unpaired) electrons. The van der Waals surface area contributed by atoms with Crippen molar-refractivity contribution >= 4 is 52.1 Å². The number of halogens is 1. The maximum absolute atomic E-state index is 13.6. The second kappa shape index (κ2) is 9.91. The van der Waals surface area contributed by atoms with Gasteiger partial charge >= 0.3 is 6.01 Å². The lowest BCUT2D eigenvalue weighted by Gasteiger charge is -2.27. The van der Waals surface area contributed by atoms with Crippen LogP contribution in [0.25, 0.3) is 11.1 Å². The summed E-state index contributed by atoms with van der Waals surface area (Å²) in [5.41, 5.74) is 4.43. The number of fused-ring (bicyclic) bond motifs is 1. The Kier molecular flexibility index (Phi) is 6.14. The molecule has 6 rings (SSSR count). The van der Waals surface area contributed by atoms with E-state index in [0.717, 1.165) is 5.56 Å². The average Bonchev–Trinajstić information content (AvgIpc) is 3.59. The molecule has 3 N–H and O–H groups in total. The van der Waals surface area contributed by atoms with Gasteiger partial charge in [0, 0.05) is 27.5 Å². The molecule has 0 spiro atoms. The van der Waals surface area contributed by atoms with E-state index in [9.17, 15) is 4.79 Å². The quantitative estimate of drug-likeness (QED) is 0.309. The molecule has 188 valence electrons. The van der Waals surface area contributed by atoms with E-state index >= 15 is 0 Å². The number of anilines is 2. The second-order valence-corrected chi connectivity index (χ2v) is 8.98.